The number of aliphatic hydroxyl groups excluding tert-OH is 1. The van der Waals surface area contributed by atoms with Crippen molar-refractivity contribution in [2.75, 3.05) is 6.61 Å². The number of nitrogens with zero attached hydrogens (tertiary/aromatic N) is 1. The molecule has 0 spiro atoms. The lowest BCUT2D eigenvalue weighted by Gasteiger charge is -2.34. The molecule has 0 radical (unpaired) electrons. The lowest BCUT2D eigenvalue weighted by Crippen LogP contribution is -2.53. The quantitative estimate of drug-likeness (QED) is 0.379. The van der Waals surface area contributed by atoms with Gasteiger partial charge in [-0.3, -0.25) is 14.5 Å². The first-order valence-electron chi connectivity index (χ1n) is 7.17. The predicted molar refractivity (Wildman–Crippen MR) is 76.1 cm³/mol. The monoisotopic (exact) mass is 308 g/mol. The number of ether oxygens (including phenoxy) is 2. The summed E-state index contributed by atoms with van der Waals surface area (Å²) in [6.45, 7) is 0.00329. The Morgan fingerprint density at radius 2 is 2.23 bits per heavy atom. The van der Waals surface area contributed by atoms with E-state index in [4.69, 9.17) is 14.6 Å². The number of esters is 1. The molecule has 0 aliphatic carbocycles. The molecule has 2 heterocycles. The van der Waals surface area contributed by atoms with E-state index in [1.807, 2.05) is 30.3 Å². The molecule has 1 aromatic rings. The molecule has 2 fully saturated rings. The molecule has 6 heteroatoms. The fraction of sp³-hybridized carbons (Fsp3) is 0.375. The summed E-state index contributed by atoms with van der Waals surface area (Å²) in [6, 6.07) is 8.92. The summed E-state index contributed by atoms with van der Waals surface area (Å²) in [6.07, 6.45) is 1.53. The predicted octanol–water partition coefficient (Wildman–Crippen LogP) is 0.953. The first kappa shape index (κ1) is 14.6. The lowest BCUT2D eigenvalue weighted by molar-refractivity contribution is -0.158. The van der Waals surface area contributed by atoms with E-state index in [1.54, 1.807) is 0 Å². The highest BCUT2D eigenvalue weighted by Gasteiger charge is 2.51. The third kappa shape index (κ3) is 2.82. The topological polar surface area (TPSA) is 76.1 Å². The highest BCUT2D eigenvalue weighted by molar-refractivity contribution is 5.85. The summed E-state index contributed by atoms with van der Waals surface area (Å²) in [5.74, 6) is 0.0175. The second kappa shape index (κ2) is 6.19. The number of benzene rings is 1. The first-order valence-corrected chi connectivity index (χ1v) is 7.17. The molecule has 2 aliphatic rings. The summed E-state index contributed by atoms with van der Waals surface area (Å²) >= 11 is 0. The van der Waals surface area contributed by atoms with Gasteiger partial charge in [0.25, 0.3) is 0 Å². The fourth-order valence-electron chi connectivity index (χ4n) is 2.67. The number of carbonyl (C=O) groups excluding carboxylic acids is 2. The number of hydrogen-bond acceptors (Lipinski definition) is 5. The molecule has 0 unspecified atom stereocenters. The van der Waals surface area contributed by atoms with E-state index < -0.39 is 12.0 Å². The van der Waals surface area contributed by atoms with Gasteiger partial charge in [0.15, 0.2) is 6.23 Å². The van der Waals surface area contributed by atoms with Crippen molar-refractivity contribution >= 4 is 11.9 Å². The van der Waals surface area contributed by atoms with Gasteiger partial charge < -0.3 is 14.6 Å². The Morgan fingerprint density at radius 3 is 2.91 bits per heavy atom. The molecule has 1 amide bonds. The van der Waals surface area contributed by atoms with Crippen LogP contribution >= 0.6 is 0 Å². The number of carbonyl (C=O) groups is 2. The van der Waals surface area contributed by atoms with Crippen LogP contribution in [0.4, 0.5) is 0 Å². The highest BCUT2D eigenvalue weighted by atomic mass is 18.4. The first-order chi connectivity index (χ1) is 10.7. The molecule has 1 N–H and O–H groups in total. The molecule has 0 saturated carbocycles. The van der Waals surface area contributed by atoms with E-state index in [2.05, 4.69) is 0 Å². The number of β-lactam (4-membered cyclic amide) rings is 1. The maximum absolute atomic E-state index is 12.0. The lowest BCUT2D eigenvalue weighted by atomic mass is 10.1. The van der Waals surface area contributed by atoms with Crippen LogP contribution in [-0.4, -0.2) is 40.8 Å². The van der Waals surface area contributed by atoms with Crippen molar-refractivity contribution in [2.24, 2.45) is 0 Å². The van der Waals surface area contributed by atoms with Gasteiger partial charge in [-0.2, -0.15) is 0 Å². The van der Waals surface area contributed by atoms with Gasteiger partial charge in [-0.1, -0.05) is 30.3 Å². The van der Waals surface area contributed by atoms with Crippen molar-refractivity contribution in [2.45, 2.75) is 31.7 Å². The average molecular weight is 308 g/mol. The van der Waals surface area contributed by atoms with E-state index in [1.165, 1.54) is 11.0 Å². The standard InChI is InChI=1S/C16H17NO5/c18-7-6-13-12(17-14(19)9-15(17)22-13)8-16(20)21-10-11-4-2-1-3-5-11/h1-6,12,15,18H,7-10H2/b13-6-/t12-,15+/m0/s1/i8+1,20+2,21+2. The van der Waals surface area contributed by atoms with Crippen LogP contribution in [0.15, 0.2) is 42.2 Å². The van der Waals surface area contributed by atoms with Gasteiger partial charge in [0.2, 0.25) is 5.91 Å². The number of rotatable bonds is 5. The van der Waals surface area contributed by atoms with E-state index in [0.29, 0.717) is 12.2 Å². The molecule has 6 nitrogen and oxygen atoms in total. The largest absolute Gasteiger partial charge is 0.472 e. The smallest absolute Gasteiger partial charge is 0.308 e. The summed E-state index contributed by atoms with van der Waals surface area (Å²) in [4.78, 5) is 25.2. The Balaban J connectivity index is 1.59. The van der Waals surface area contributed by atoms with Crippen LogP contribution < -0.4 is 0 Å². The highest BCUT2D eigenvalue weighted by Crippen LogP contribution is 2.37. The molecule has 1 aromatic carbocycles. The second-order valence-corrected chi connectivity index (χ2v) is 5.23. The van der Waals surface area contributed by atoms with Gasteiger partial charge in [-0.25, -0.2) is 0 Å². The van der Waals surface area contributed by atoms with E-state index in [9.17, 15) is 9.59 Å². The molecule has 2 atom stereocenters. The third-order valence-corrected chi connectivity index (χ3v) is 3.78. The Morgan fingerprint density at radius 1 is 1.45 bits per heavy atom. The minimum Gasteiger partial charge on any atom is -0.472 e. The summed E-state index contributed by atoms with van der Waals surface area (Å²) in [7, 11) is 0. The van der Waals surface area contributed by atoms with Crippen LogP contribution in [0.2, 0.25) is 0 Å². The molecule has 22 heavy (non-hydrogen) atoms. The van der Waals surface area contributed by atoms with Crippen molar-refractivity contribution in [3.05, 3.63) is 47.7 Å². The molecule has 3 rings (SSSR count). The molecule has 116 valence electrons. The van der Waals surface area contributed by atoms with Crippen LogP contribution in [0.1, 0.15) is 18.4 Å². The average Bonchev–Trinajstić information content (AvgIpc) is 2.78. The van der Waals surface area contributed by atoms with Crippen molar-refractivity contribution in [3.63, 3.8) is 0 Å². The zero-order valence-corrected chi connectivity index (χ0v) is 12.0. The van der Waals surface area contributed by atoms with Crippen LogP contribution in [-0.2, 0) is 25.7 Å². The molecule has 2 aliphatic heterocycles. The Labute approximate surface area is 127 Å². The molecular weight excluding hydrogens is 291 g/mol. The summed E-state index contributed by atoms with van der Waals surface area (Å²) in [5.41, 5.74) is 0.905. The maximum Gasteiger partial charge on any atom is 0.308 e. The zero-order valence-electron chi connectivity index (χ0n) is 12.0. The molecular formula is C16H17NO5. The normalized spacial score (nSPS) is 24.7. The molecule has 0 aromatic heterocycles. The third-order valence-electron chi connectivity index (χ3n) is 3.78. The van der Waals surface area contributed by atoms with Crippen molar-refractivity contribution in [1.82, 2.24) is 4.90 Å². The van der Waals surface area contributed by atoms with Gasteiger partial charge in [0.1, 0.15) is 18.4 Å². The van der Waals surface area contributed by atoms with Crippen molar-refractivity contribution in [3.8, 4) is 0 Å². The summed E-state index contributed by atoms with van der Waals surface area (Å²) in [5, 5.41) is 9.01. The number of fused-ring (bicyclic) bond motifs is 1. The fourth-order valence-corrected chi connectivity index (χ4v) is 2.67. The molecule has 2 saturated heterocycles. The maximum atomic E-state index is 12.0. The van der Waals surface area contributed by atoms with Gasteiger partial charge in [0, 0.05) is 0 Å². The second-order valence-electron chi connectivity index (χ2n) is 5.23. The Bertz CT molecular complexity index is 598. The van der Waals surface area contributed by atoms with Crippen LogP contribution in [0.25, 0.3) is 0 Å². The Hall–Kier alpha value is -2.34. The Kier molecular flexibility index (Phi) is 4.11. The SMILES string of the molecule is O=C1C[C@H]2O/C(=C\CO)[C@H]([13CH2]C(=[18O])[18O]Cc3ccccc3)N12. The summed E-state index contributed by atoms with van der Waals surface area (Å²) < 4.78 is 10.8. The van der Waals surface area contributed by atoms with Gasteiger partial charge in [-0.05, 0) is 11.6 Å². The van der Waals surface area contributed by atoms with E-state index >= 15 is 0 Å². The number of aliphatic hydroxyl groups is 1. The van der Waals surface area contributed by atoms with Gasteiger partial charge in [0.05, 0.1) is 19.4 Å². The van der Waals surface area contributed by atoms with Gasteiger partial charge in [-0.15, -0.1) is 0 Å². The van der Waals surface area contributed by atoms with E-state index in [0.717, 1.165) is 5.56 Å². The zero-order chi connectivity index (χ0) is 15.5. The van der Waals surface area contributed by atoms with Crippen LogP contribution in [0, 0.1) is 0 Å². The molecule has 0 bridgehead atoms. The van der Waals surface area contributed by atoms with E-state index in [-0.39, 0.29) is 31.8 Å². The minimum atomic E-state index is -0.471. The number of amides is 1. The minimum absolute atomic E-state index is 0.0287. The van der Waals surface area contributed by atoms with Crippen molar-refractivity contribution in [1.29, 1.82) is 0 Å². The van der Waals surface area contributed by atoms with Gasteiger partial charge >= 0.3 is 5.97 Å². The van der Waals surface area contributed by atoms with Crippen LogP contribution in [0.5, 0.6) is 0 Å². The number of hydrogen-bond donors (Lipinski definition) is 1. The van der Waals surface area contributed by atoms with Crippen LogP contribution in [0.3, 0.4) is 0 Å². The van der Waals surface area contributed by atoms with Crippen molar-refractivity contribution < 1.29 is 24.2 Å².